The molecule has 7 nitrogen and oxygen atoms in total. The van der Waals surface area contributed by atoms with Gasteiger partial charge in [-0.1, -0.05) is 37.3 Å². The van der Waals surface area contributed by atoms with Crippen LogP contribution in [0.3, 0.4) is 0 Å². The Morgan fingerprint density at radius 3 is 2.58 bits per heavy atom. The molecule has 2 heterocycles. The average Bonchev–Trinajstić information content (AvgIpc) is 2.97. The number of anilines is 1. The Morgan fingerprint density at radius 1 is 1.12 bits per heavy atom. The fraction of sp³-hybridized carbons (Fsp3) is 0.417. The predicted octanol–water partition coefficient (Wildman–Crippen LogP) is 3.25. The lowest BCUT2D eigenvalue weighted by molar-refractivity contribution is -0.123. The van der Waals surface area contributed by atoms with Crippen molar-refractivity contribution in [1.82, 2.24) is 9.62 Å². The van der Waals surface area contributed by atoms with Crippen LogP contribution in [0, 0.1) is 5.92 Å². The minimum atomic E-state index is -3.66. The van der Waals surface area contributed by atoms with Crippen molar-refractivity contribution in [2.24, 2.45) is 5.92 Å². The first-order chi connectivity index (χ1) is 15.8. The van der Waals surface area contributed by atoms with Crippen LogP contribution in [-0.4, -0.2) is 49.9 Å². The number of nitrogens with zero attached hydrogens (tertiary/aromatic N) is 2. The highest BCUT2D eigenvalue weighted by Crippen LogP contribution is 2.37. The molecule has 0 bridgehead atoms. The largest absolute Gasteiger partial charge is 0.350 e. The van der Waals surface area contributed by atoms with Crippen molar-refractivity contribution < 1.29 is 18.0 Å². The normalized spacial score (nSPS) is 18.0. The van der Waals surface area contributed by atoms with Gasteiger partial charge in [-0.3, -0.25) is 9.59 Å². The van der Waals surface area contributed by atoms with Crippen LogP contribution >= 0.6 is 11.8 Å². The van der Waals surface area contributed by atoms with Crippen LogP contribution in [0.5, 0.6) is 0 Å². The molecule has 0 saturated carbocycles. The summed E-state index contributed by atoms with van der Waals surface area (Å²) in [7, 11) is -3.66. The van der Waals surface area contributed by atoms with E-state index in [-0.39, 0.29) is 29.7 Å². The third-order valence-corrected chi connectivity index (χ3v) is 9.07. The van der Waals surface area contributed by atoms with Gasteiger partial charge in [0.05, 0.1) is 10.6 Å². The van der Waals surface area contributed by atoms with Crippen molar-refractivity contribution in [1.29, 1.82) is 0 Å². The molecule has 0 unspecified atom stereocenters. The number of fused-ring (bicyclic) bond motifs is 1. The molecule has 0 spiro atoms. The molecule has 4 rings (SSSR count). The van der Waals surface area contributed by atoms with Gasteiger partial charge < -0.3 is 10.2 Å². The van der Waals surface area contributed by atoms with Gasteiger partial charge in [-0.15, -0.1) is 11.8 Å². The Labute approximate surface area is 199 Å². The summed E-state index contributed by atoms with van der Waals surface area (Å²) in [4.78, 5) is 27.9. The molecule has 0 atom stereocenters. The van der Waals surface area contributed by atoms with Gasteiger partial charge in [0.1, 0.15) is 6.54 Å². The van der Waals surface area contributed by atoms with Crippen LogP contribution in [0.1, 0.15) is 31.7 Å². The number of rotatable bonds is 6. The third kappa shape index (κ3) is 5.59. The van der Waals surface area contributed by atoms with Crippen molar-refractivity contribution >= 4 is 39.3 Å². The van der Waals surface area contributed by atoms with E-state index in [0.29, 0.717) is 37.0 Å². The second-order valence-corrected chi connectivity index (χ2v) is 11.6. The van der Waals surface area contributed by atoms with Gasteiger partial charge >= 0.3 is 0 Å². The zero-order valence-corrected chi connectivity index (χ0v) is 20.3. The maximum Gasteiger partial charge on any atom is 0.243 e. The van der Waals surface area contributed by atoms with Crippen LogP contribution in [0.2, 0.25) is 0 Å². The number of thioether (sulfide) groups is 1. The molecule has 1 N–H and O–H groups in total. The lowest BCUT2D eigenvalue weighted by Crippen LogP contribution is -2.41. The van der Waals surface area contributed by atoms with Gasteiger partial charge in [0.25, 0.3) is 0 Å². The SMILES string of the molecule is CC1CCN(S(=O)(=O)c2ccc3c(c2)N(CC(=O)NCc2ccccc2)C(=O)CCS3)CC1. The van der Waals surface area contributed by atoms with Crippen LogP contribution in [0.25, 0.3) is 0 Å². The number of carbonyl (C=O) groups is 2. The van der Waals surface area contributed by atoms with E-state index < -0.39 is 10.0 Å². The molecule has 2 amide bonds. The van der Waals surface area contributed by atoms with E-state index in [0.717, 1.165) is 23.3 Å². The van der Waals surface area contributed by atoms with Crippen LogP contribution < -0.4 is 10.2 Å². The second-order valence-electron chi connectivity index (χ2n) is 8.56. The first-order valence-corrected chi connectivity index (χ1v) is 13.6. The second kappa shape index (κ2) is 10.3. The number of carbonyl (C=O) groups excluding carboxylic acids is 2. The summed E-state index contributed by atoms with van der Waals surface area (Å²) in [6, 6.07) is 14.5. The quantitative estimate of drug-likeness (QED) is 0.676. The number of nitrogens with one attached hydrogen (secondary N) is 1. The van der Waals surface area contributed by atoms with Crippen LogP contribution in [-0.2, 0) is 26.2 Å². The minimum Gasteiger partial charge on any atom is -0.350 e. The number of amides is 2. The molecule has 0 aliphatic carbocycles. The standard InChI is InChI=1S/C24H29N3O4S2/c1-18-9-12-26(13-10-18)33(30,31)20-7-8-22-21(15-20)27(24(29)11-14-32-22)17-23(28)25-16-19-5-3-2-4-6-19/h2-8,15,18H,9-14,16-17H2,1H3,(H,25,28). The number of hydrogen-bond donors (Lipinski definition) is 1. The molecule has 2 aromatic carbocycles. The van der Waals surface area contributed by atoms with E-state index in [4.69, 9.17) is 0 Å². The monoisotopic (exact) mass is 487 g/mol. The zero-order valence-electron chi connectivity index (χ0n) is 18.7. The molecule has 33 heavy (non-hydrogen) atoms. The average molecular weight is 488 g/mol. The number of benzene rings is 2. The molecule has 1 saturated heterocycles. The highest BCUT2D eigenvalue weighted by atomic mass is 32.2. The van der Waals surface area contributed by atoms with Gasteiger partial charge in [-0.05, 0) is 42.5 Å². The van der Waals surface area contributed by atoms with Crippen LogP contribution in [0.4, 0.5) is 5.69 Å². The van der Waals surface area contributed by atoms with Gasteiger partial charge in [0.2, 0.25) is 21.8 Å². The molecule has 9 heteroatoms. The van der Waals surface area contributed by atoms with Crippen LogP contribution in [0.15, 0.2) is 58.3 Å². The Balaban J connectivity index is 1.55. The Bertz CT molecular complexity index is 1110. The molecule has 176 valence electrons. The zero-order chi connectivity index (χ0) is 23.4. The molecule has 0 radical (unpaired) electrons. The highest BCUT2D eigenvalue weighted by Gasteiger charge is 2.31. The molecule has 0 aromatic heterocycles. The Kier molecular flexibility index (Phi) is 7.41. The lowest BCUT2D eigenvalue weighted by Gasteiger charge is -2.30. The van der Waals surface area contributed by atoms with Crippen molar-refractivity contribution in [2.75, 3.05) is 30.3 Å². The maximum atomic E-state index is 13.3. The van der Waals surface area contributed by atoms with Crippen molar-refractivity contribution in [2.45, 2.75) is 42.5 Å². The van der Waals surface area contributed by atoms with E-state index in [9.17, 15) is 18.0 Å². The first kappa shape index (κ1) is 23.8. The smallest absolute Gasteiger partial charge is 0.243 e. The van der Waals surface area contributed by atoms with Crippen molar-refractivity contribution in [3.8, 4) is 0 Å². The first-order valence-electron chi connectivity index (χ1n) is 11.2. The number of hydrogen-bond acceptors (Lipinski definition) is 5. The van der Waals surface area contributed by atoms with E-state index >= 15 is 0 Å². The van der Waals surface area contributed by atoms with Gasteiger partial charge in [0, 0.05) is 36.7 Å². The molecule has 2 aliphatic rings. The summed E-state index contributed by atoms with van der Waals surface area (Å²) in [6.07, 6.45) is 1.97. The summed E-state index contributed by atoms with van der Waals surface area (Å²) in [5, 5.41) is 2.85. The highest BCUT2D eigenvalue weighted by molar-refractivity contribution is 7.99. The van der Waals surface area contributed by atoms with E-state index in [1.54, 1.807) is 18.2 Å². The minimum absolute atomic E-state index is 0.149. The topological polar surface area (TPSA) is 86.8 Å². The predicted molar refractivity (Wildman–Crippen MR) is 130 cm³/mol. The third-order valence-electron chi connectivity index (χ3n) is 6.11. The Morgan fingerprint density at radius 2 is 1.85 bits per heavy atom. The fourth-order valence-electron chi connectivity index (χ4n) is 4.05. The Hall–Kier alpha value is -2.36. The van der Waals surface area contributed by atoms with Gasteiger partial charge in [0.15, 0.2) is 0 Å². The van der Waals surface area contributed by atoms with E-state index in [1.165, 1.54) is 21.0 Å². The van der Waals surface area contributed by atoms with E-state index in [1.807, 2.05) is 30.3 Å². The summed E-state index contributed by atoms with van der Waals surface area (Å²) in [5.74, 6) is 0.632. The summed E-state index contributed by atoms with van der Waals surface area (Å²) in [6.45, 7) is 3.35. The number of sulfonamides is 1. The summed E-state index contributed by atoms with van der Waals surface area (Å²) < 4.78 is 28.1. The van der Waals surface area contributed by atoms with E-state index in [2.05, 4.69) is 12.2 Å². The van der Waals surface area contributed by atoms with Gasteiger partial charge in [-0.2, -0.15) is 4.31 Å². The lowest BCUT2D eigenvalue weighted by atomic mass is 10.0. The maximum absolute atomic E-state index is 13.3. The summed E-state index contributed by atoms with van der Waals surface area (Å²) >= 11 is 1.51. The number of piperidine rings is 1. The fourth-order valence-corrected chi connectivity index (χ4v) is 6.52. The van der Waals surface area contributed by atoms with Crippen molar-refractivity contribution in [3.63, 3.8) is 0 Å². The molecule has 2 aromatic rings. The molecule has 1 fully saturated rings. The molecular weight excluding hydrogens is 458 g/mol. The van der Waals surface area contributed by atoms with Crippen molar-refractivity contribution in [3.05, 3.63) is 54.1 Å². The molecule has 2 aliphatic heterocycles. The molecular formula is C24H29N3O4S2. The van der Waals surface area contributed by atoms with Gasteiger partial charge in [-0.25, -0.2) is 8.42 Å². The summed E-state index contributed by atoms with van der Waals surface area (Å²) in [5.41, 5.74) is 1.46.